The van der Waals surface area contributed by atoms with E-state index in [-0.39, 0.29) is 17.6 Å². The van der Waals surface area contributed by atoms with E-state index in [0.717, 1.165) is 18.5 Å². The van der Waals surface area contributed by atoms with Crippen LogP contribution in [-0.2, 0) is 11.2 Å². The van der Waals surface area contributed by atoms with Crippen molar-refractivity contribution in [2.24, 2.45) is 0 Å². The van der Waals surface area contributed by atoms with Gasteiger partial charge in [0.05, 0.1) is 11.7 Å². The van der Waals surface area contributed by atoms with Gasteiger partial charge in [-0.1, -0.05) is 6.07 Å². The molecule has 0 saturated heterocycles. The molecule has 0 aromatic carbocycles. The zero-order chi connectivity index (χ0) is 12.5. The second kappa shape index (κ2) is 4.75. The van der Waals surface area contributed by atoms with Gasteiger partial charge in [0.15, 0.2) is 0 Å². The molecule has 3 heteroatoms. The maximum Gasteiger partial charge on any atom is 0.0651 e. The molecule has 1 N–H and O–H groups in total. The molecule has 1 aliphatic carbocycles. The normalized spacial score (nSPS) is 21.3. The summed E-state index contributed by atoms with van der Waals surface area (Å²) in [7, 11) is 1.69. The fourth-order valence-corrected chi connectivity index (χ4v) is 2.55. The van der Waals surface area contributed by atoms with Gasteiger partial charge < -0.3 is 9.84 Å². The molecule has 94 valence electrons. The summed E-state index contributed by atoms with van der Waals surface area (Å²) in [4.78, 5) is 4.42. The van der Waals surface area contributed by atoms with Crippen molar-refractivity contribution in [3.63, 3.8) is 0 Å². The first-order valence-corrected chi connectivity index (χ1v) is 6.20. The predicted octanol–water partition coefficient (Wildman–Crippen LogP) is 2.29. The van der Waals surface area contributed by atoms with Crippen LogP contribution in [0.2, 0.25) is 0 Å². The van der Waals surface area contributed by atoms with E-state index in [0.29, 0.717) is 6.42 Å². The standard InChI is InChI=1S/C14H21NO2/c1-14(2,17-3)9-12(16)11-7-6-10-5-4-8-15-13(10)11/h4-5,8,11-12,16H,6-7,9H2,1-3H3. The summed E-state index contributed by atoms with van der Waals surface area (Å²) in [6, 6.07) is 4.07. The molecule has 0 radical (unpaired) electrons. The molecule has 2 rings (SSSR count). The summed E-state index contributed by atoms with van der Waals surface area (Å²) in [5.41, 5.74) is 2.08. The van der Waals surface area contributed by atoms with E-state index in [1.165, 1.54) is 5.56 Å². The number of hydrogen-bond acceptors (Lipinski definition) is 3. The lowest BCUT2D eigenvalue weighted by molar-refractivity contribution is -0.0258. The van der Waals surface area contributed by atoms with Crippen LogP contribution >= 0.6 is 0 Å². The first kappa shape index (κ1) is 12.5. The predicted molar refractivity (Wildman–Crippen MR) is 67.0 cm³/mol. The minimum Gasteiger partial charge on any atom is -0.392 e. The minimum absolute atomic E-state index is 0.167. The van der Waals surface area contributed by atoms with Crippen molar-refractivity contribution in [2.45, 2.75) is 50.7 Å². The number of aromatic nitrogens is 1. The summed E-state index contributed by atoms with van der Waals surface area (Å²) < 4.78 is 5.38. The van der Waals surface area contributed by atoms with Crippen LogP contribution in [0.1, 0.15) is 43.9 Å². The monoisotopic (exact) mass is 235 g/mol. The Balaban J connectivity index is 2.10. The molecule has 1 aromatic rings. The Hall–Kier alpha value is -0.930. The van der Waals surface area contributed by atoms with Gasteiger partial charge in [-0.2, -0.15) is 0 Å². The summed E-state index contributed by atoms with van der Waals surface area (Å²) in [5, 5.41) is 10.3. The summed E-state index contributed by atoms with van der Waals surface area (Å²) in [6.07, 6.45) is 4.10. The number of fused-ring (bicyclic) bond motifs is 1. The Morgan fingerprint density at radius 2 is 2.35 bits per heavy atom. The Morgan fingerprint density at radius 3 is 3.06 bits per heavy atom. The molecule has 0 amide bonds. The van der Waals surface area contributed by atoms with Gasteiger partial charge in [-0.05, 0) is 38.3 Å². The van der Waals surface area contributed by atoms with Gasteiger partial charge in [0.1, 0.15) is 0 Å². The highest BCUT2D eigenvalue weighted by atomic mass is 16.5. The zero-order valence-corrected chi connectivity index (χ0v) is 10.8. The van der Waals surface area contributed by atoms with Crippen LogP contribution < -0.4 is 0 Å². The van der Waals surface area contributed by atoms with E-state index in [1.807, 2.05) is 26.1 Å². The largest absolute Gasteiger partial charge is 0.392 e. The highest BCUT2D eigenvalue weighted by molar-refractivity contribution is 5.29. The number of aliphatic hydroxyl groups is 1. The van der Waals surface area contributed by atoms with Gasteiger partial charge in [-0.15, -0.1) is 0 Å². The Bertz CT molecular complexity index is 390. The van der Waals surface area contributed by atoms with Gasteiger partial charge in [-0.3, -0.25) is 4.98 Å². The van der Waals surface area contributed by atoms with Crippen LogP contribution in [0.25, 0.3) is 0 Å². The van der Waals surface area contributed by atoms with Crippen molar-refractivity contribution in [2.75, 3.05) is 7.11 Å². The molecule has 17 heavy (non-hydrogen) atoms. The van der Waals surface area contributed by atoms with Crippen LogP contribution in [0, 0.1) is 0 Å². The number of hydrogen-bond donors (Lipinski definition) is 1. The number of methoxy groups -OCH3 is 1. The van der Waals surface area contributed by atoms with Crippen molar-refractivity contribution in [3.05, 3.63) is 29.6 Å². The molecule has 2 unspecified atom stereocenters. The molecule has 3 nitrogen and oxygen atoms in total. The molecule has 0 fully saturated rings. The lowest BCUT2D eigenvalue weighted by Crippen LogP contribution is -2.31. The smallest absolute Gasteiger partial charge is 0.0651 e. The first-order valence-electron chi connectivity index (χ1n) is 6.20. The van der Waals surface area contributed by atoms with Crippen LogP contribution in [0.4, 0.5) is 0 Å². The van der Waals surface area contributed by atoms with Crippen molar-refractivity contribution in [3.8, 4) is 0 Å². The van der Waals surface area contributed by atoms with Gasteiger partial charge >= 0.3 is 0 Å². The molecule has 1 aliphatic rings. The first-order chi connectivity index (χ1) is 8.03. The van der Waals surface area contributed by atoms with E-state index in [1.54, 1.807) is 7.11 Å². The number of aryl methyl sites for hydroxylation is 1. The molecule has 0 bridgehead atoms. The minimum atomic E-state index is -0.374. The number of nitrogens with zero attached hydrogens (tertiary/aromatic N) is 1. The summed E-state index contributed by atoms with van der Waals surface area (Å²) >= 11 is 0. The Morgan fingerprint density at radius 1 is 1.59 bits per heavy atom. The molecule has 0 spiro atoms. The van der Waals surface area contributed by atoms with Gasteiger partial charge in [-0.25, -0.2) is 0 Å². The van der Waals surface area contributed by atoms with Crippen molar-refractivity contribution in [1.82, 2.24) is 4.98 Å². The molecule has 1 aromatic heterocycles. The van der Waals surface area contributed by atoms with E-state index in [4.69, 9.17) is 4.74 Å². The fourth-order valence-electron chi connectivity index (χ4n) is 2.55. The number of rotatable bonds is 4. The molecular formula is C14H21NO2. The van der Waals surface area contributed by atoms with E-state index in [9.17, 15) is 5.11 Å². The Kier molecular flexibility index (Phi) is 3.50. The number of pyridine rings is 1. The van der Waals surface area contributed by atoms with Crippen LogP contribution in [0.3, 0.4) is 0 Å². The van der Waals surface area contributed by atoms with E-state index < -0.39 is 0 Å². The quantitative estimate of drug-likeness (QED) is 0.870. The molecule has 1 heterocycles. The maximum absolute atomic E-state index is 10.3. The van der Waals surface area contributed by atoms with E-state index in [2.05, 4.69) is 11.1 Å². The van der Waals surface area contributed by atoms with Crippen LogP contribution in [-0.4, -0.2) is 28.9 Å². The average molecular weight is 235 g/mol. The molecular weight excluding hydrogens is 214 g/mol. The average Bonchev–Trinajstić information content (AvgIpc) is 2.72. The fraction of sp³-hybridized carbons (Fsp3) is 0.643. The van der Waals surface area contributed by atoms with E-state index >= 15 is 0 Å². The Labute approximate surface area is 103 Å². The van der Waals surface area contributed by atoms with Crippen molar-refractivity contribution < 1.29 is 9.84 Å². The number of ether oxygens (including phenoxy) is 1. The molecule has 2 atom stereocenters. The van der Waals surface area contributed by atoms with Crippen molar-refractivity contribution >= 4 is 0 Å². The third-order valence-corrected chi connectivity index (χ3v) is 3.72. The van der Waals surface area contributed by atoms with Gasteiger partial charge in [0, 0.05) is 31.3 Å². The third kappa shape index (κ3) is 2.67. The van der Waals surface area contributed by atoms with Crippen LogP contribution in [0.15, 0.2) is 18.3 Å². The molecule has 0 saturated carbocycles. The zero-order valence-electron chi connectivity index (χ0n) is 10.8. The summed E-state index contributed by atoms with van der Waals surface area (Å²) in [6.45, 7) is 4.01. The highest BCUT2D eigenvalue weighted by Crippen LogP contribution is 2.36. The lowest BCUT2D eigenvalue weighted by Gasteiger charge is -2.28. The highest BCUT2D eigenvalue weighted by Gasteiger charge is 2.33. The van der Waals surface area contributed by atoms with Gasteiger partial charge in [0.25, 0.3) is 0 Å². The number of aliphatic hydroxyl groups excluding tert-OH is 1. The second-order valence-electron chi connectivity index (χ2n) is 5.43. The lowest BCUT2D eigenvalue weighted by atomic mass is 9.90. The van der Waals surface area contributed by atoms with Crippen LogP contribution in [0.5, 0.6) is 0 Å². The molecule has 0 aliphatic heterocycles. The maximum atomic E-state index is 10.3. The van der Waals surface area contributed by atoms with Gasteiger partial charge in [0.2, 0.25) is 0 Å². The summed E-state index contributed by atoms with van der Waals surface area (Å²) in [5.74, 6) is 0.167. The SMILES string of the molecule is COC(C)(C)CC(O)C1CCc2cccnc21. The third-order valence-electron chi connectivity index (χ3n) is 3.72. The van der Waals surface area contributed by atoms with Crippen molar-refractivity contribution in [1.29, 1.82) is 0 Å². The second-order valence-corrected chi connectivity index (χ2v) is 5.43. The topological polar surface area (TPSA) is 42.4 Å².